The van der Waals surface area contributed by atoms with Gasteiger partial charge in [0.2, 0.25) is 5.91 Å². The molecule has 0 radical (unpaired) electrons. The zero-order valence-corrected chi connectivity index (χ0v) is 14.8. The van der Waals surface area contributed by atoms with E-state index in [1.165, 1.54) is 43.4 Å². The van der Waals surface area contributed by atoms with Gasteiger partial charge in [-0.15, -0.1) is 11.3 Å². The minimum atomic E-state index is -0.495. The van der Waals surface area contributed by atoms with Gasteiger partial charge in [0.05, 0.1) is 11.6 Å². The molecule has 2 aliphatic carbocycles. The second kappa shape index (κ2) is 6.15. The number of nitrogens with two attached hydrogens (primary N) is 1. The van der Waals surface area contributed by atoms with Crippen LogP contribution >= 0.6 is 11.3 Å². The molecular weight excluding hydrogens is 322 g/mol. The maximum atomic E-state index is 12.8. The molecule has 4 bridgehead atoms. The summed E-state index contributed by atoms with van der Waals surface area (Å²) in [6.07, 6.45) is 6.58. The Morgan fingerprint density at radius 3 is 2.54 bits per heavy atom. The van der Waals surface area contributed by atoms with Crippen LogP contribution in [0.5, 0.6) is 0 Å². The van der Waals surface area contributed by atoms with E-state index in [0.717, 1.165) is 24.3 Å². The molecule has 2 aliphatic heterocycles. The molecule has 1 aromatic heterocycles. The number of thiophene rings is 1. The van der Waals surface area contributed by atoms with Crippen molar-refractivity contribution in [2.75, 3.05) is 11.9 Å². The van der Waals surface area contributed by atoms with E-state index in [1.54, 1.807) is 11.4 Å². The Morgan fingerprint density at radius 1 is 1.21 bits per heavy atom. The maximum Gasteiger partial charge on any atom is 0.251 e. The first-order chi connectivity index (χ1) is 11.5. The molecule has 1 aromatic rings. The standard InChI is InChI=1S/C18H25N3O2S/c1-10(17(23)20-18-15(16(19)22)2-3-24-18)21-9-13-5-11-4-12(6-13)8-14(21)7-11/h2-3,10-14H,4-9H2,1H3,(H2,19,22)(H,20,23)/t10-,11-,12+,13?,14?/m0/s1. The number of carbonyl (C=O) groups excluding carboxylic acids is 2. The second-order valence-electron chi connectivity index (χ2n) is 7.82. The van der Waals surface area contributed by atoms with E-state index in [1.807, 2.05) is 6.92 Å². The lowest BCUT2D eigenvalue weighted by molar-refractivity contribution is -0.121. The van der Waals surface area contributed by atoms with E-state index in [2.05, 4.69) is 10.2 Å². The lowest BCUT2D eigenvalue weighted by Crippen LogP contribution is -2.48. The predicted molar refractivity (Wildman–Crippen MR) is 95.0 cm³/mol. The van der Waals surface area contributed by atoms with Crippen LogP contribution in [0, 0.1) is 17.8 Å². The monoisotopic (exact) mass is 347 g/mol. The van der Waals surface area contributed by atoms with Crippen LogP contribution in [0.2, 0.25) is 0 Å². The van der Waals surface area contributed by atoms with Gasteiger partial charge < -0.3 is 11.1 Å². The molecule has 6 heteroatoms. The molecule has 4 fully saturated rings. The zero-order valence-electron chi connectivity index (χ0n) is 14.0. The summed E-state index contributed by atoms with van der Waals surface area (Å²) >= 11 is 1.35. The van der Waals surface area contributed by atoms with Crippen molar-refractivity contribution in [3.63, 3.8) is 0 Å². The summed E-state index contributed by atoms with van der Waals surface area (Å²) in [6.45, 7) is 3.04. The number of hydrogen-bond donors (Lipinski definition) is 2. The van der Waals surface area contributed by atoms with Crippen molar-refractivity contribution in [1.82, 2.24) is 4.90 Å². The summed E-state index contributed by atoms with van der Waals surface area (Å²) in [5, 5.41) is 5.28. The number of amides is 2. The highest BCUT2D eigenvalue weighted by Gasteiger charge is 2.44. The van der Waals surface area contributed by atoms with Gasteiger partial charge in [0.15, 0.2) is 0 Å². The average Bonchev–Trinajstić information content (AvgIpc) is 2.90. The number of nitrogens with zero attached hydrogens (tertiary/aromatic N) is 1. The third-order valence-electron chi connectivity index (χ3n) is 6.19. The highest BCUT2D eigenvalue weighted by molar-refractivity contribution is 7.14. The molecule has 24 heavy (non-hydrogen) atoms. The molecule has 5 atom stereocenters. The van der Waals surface area contributed by atoms with Crippen LogP contribution in [-0.2, 0) is 4.79 Å². The lowest BCUT2D eigenvalue weighted by atomic mass is 9.68. The summed E-state index contributed by atoms with van der Waals surface area (Å²) in [5.41, 5.74) is 5.77. The summed E-state index contributed by atoms with van der Waals surface area (Å²) in [4.78, 5) is 26.6. The largest absolute Gasteiger partial charge is 0.366 e. The maximum absolute atomic E-state index is 12.8. The fourth-order valence-electron chi connectivity index (χ4n) is 5.26. The van der Waals surface area contributed by atoms with Gasteiger partial charge in [-0.3, -0.25) is 14.5 Å². The van der Waals surface area contributed by atoms with Gasteiger partial charge in [-0.1, -0.05) is 0 Å². The minimum absolute atomic E-state index is 0.0267. The minimum Gasteiger partial charge on any atom is -0.366 e. The third-order valence-corrected chi connectivity index (χ3v) is 7.02. The summed E-state index contributed by atoms with van der Waals surface area (Å²) in [6, 6.07) is 2.04. The molecule has 2 saturated carbocycles. The van der Waals surface area contributed by atoms with Crippen molar-refractivity contribution >= 4 is 28.2 Å². The van der Waals surface area contributed by atoms with Crippen LogP contribution < -0.4 is 11.1 Å². The van der Waals surface area contributed by atoms with Crippen LogP contribution in [0.15, 0.2) is 11.4 Å². The summed E-state index contributed by atoms with van der Waals surface area (Å²) in [7, 11) is 0. The van der Waals surface area contributed by atoms with Crippen molar-refractivity contribution in [2.24, 2.45) is 23.5 Å². The lowest BCUT2D eigenvalue weighted by Gasteiger charge is -2.40. The van der Waals surface area contributed by atoms with Crippen molar-refractivity contribution in [1.29, 1.82) is 0 Å². The van der Waals surface area contributed by atoms with Gasteiger partial charge in [0.1, 0.15) is 5.00 Å². The normalized spacial score (nSPS) is 33.2. The fourth-order valence-corrected chi connectivity index (χ4v) is 6.06. The van der Waals surface area contributed by atoms with Crippen molar-refractivity contribution in [3.05, 3.63) is 17.0 Å². The van der Waals surface area contributed by atoms with Gasteiger partial charge in [-0.25, -0.2) is 0 Å². The van der Waals surface area contributed by atoms with Crippen molar-refractivity contribution in [2.45, 2.75) is 51.1 Å². The quantitative estimate of drug-likeness (QED) is 0.879. The Hall–Kier alpha value is -1.40. The van der Waals surface area contributed by atoms with Gasteiger partial charge in [0, 0.05) is 12.6 Å². The Morgan fingerprint density at radius 2 is 1.88 bits per heavy atom. The smallest absolute Gasteiger partial charge is 0.251 e. The Labute approximate surface area is 146 Å². The first-order valence-corrected chi connectivity index (χ1v) is 9.83. The SMILES string of the molecule is C[C@@H](C(=O)Nc1sccc1C(N)=O)N1CC2C[C@@H]3CC1C[C@H](C2)C3. The Bertz CT molecular complexity index is 644. The number of anilines is 1. The van der Waals surface area contributed by atoms with Crippen LogP contribution in [0.4, 0.5) is 5.00 Å². The van der Waals surface area contributed by atoms with Crippen molar-refractivity contribution < 1.29 is 9.59 Å². The second-order valence-corrected chi connectivity index (χ2v) is 8.74. The van der Waals surface area contributed by atoms with Gasteiger partial charge in [0.25, 0.3) is 5.91 Å². The highest BCUT2D eigenvalue weighted by Crippen LogP contribution is 2.47. The molecule has 2 amide bonds. The number of carbonyl (C=O) groups is 2. The molecule has 2 unspecified atom stereocenters. The number of rotatable bonds is 4. The average molecular weight is 347 g/mol. The number of primary amides is 1. The number of nitrogens with one attached hydrogen (secondary N) is 1. The number of fused-ring (bicyclic) bond motifs is 1. The van der Waals surface area contributed by atoms with Gasteiger partial charge >= 0.3 is 0 Å². The van der Waals surface area contributed by atoms with E-state index in [-0.39, 0.29) is 11.9 Å². The Balaban J connectivity index is 1.49. The molecule has 3 N–H and O–H groups in total. The molecule has 3 heterocycles. The molecule has 5 rings (SSSR count). The fraction of sp³-hybridized carbons (Fsp3) is 0.667. The summed E-state index contributed by atoms with van der Waals surface area (Å²) in [5.74, 6) is 1.96. The van der Waals surface area contributed by atoms with E-state index < -0.39 is 5.91 Å². The summed E-state index contributed by atoms with van der Waals surface area (Å²) < 4.78 is 0. The van der Waals surface area contributed by atoms with Crippen LogP contribution in [-0.4, -0.2) is 35.3 Å². The van der Waals surface area contributed by atoms with Gasteiger partial charge in [-0.2, -0.15) is 0 Å². The Kier molecular flexibility index (Phi) is 4.12. The third kappa shape index (κ3) is 2.86. The number of hydrogen-bond acceptors (Lipinski definition) is 4. The van der Waals surface area contributed by atoms with E-state index in [4.69, 9.17) is 5.73 Å². The molecule has 130 valence electrons. The van der Waals surface area contributed by atoms with Crippen LogP contribution in [0.3, 0.4) is 0 Å². The van der Waals surface area contributed by atoms with E-state index in [0.29, 0.717) is 16.6 Å². The predicted octanol–water partition coefficient (Wildman–Crippen LogP) is 2.68. The van der Waals surface area contributed by atoms with Crippen LogP contribution in [0.25, 0.3) is 0 Å². The van der Waals surface area contributed by atoms with E-state index >= 15 is 0 Å². The molecule has 4 aliphatic rings. The van der Waals surface area contributed by atoms with Crippen molar-refractivity contribution in [3.8, 4) is 0 Å². The van der Waals surface area contributed by atoms with Crippen LogP contribution in [0.1, 0.15) is 49.4 Å². The first-order valence-electron chi connectivity index (χ1n) is 8.95. The molecular formula is C18H25N3O2S. The molecule has 2 saturated heterocycles. The van der Waals surface area contributed by atoms with E-state index in [9.17, 15) is 9.59 Å². The highest BCUT2D eigenvalue weighted by atomic mass is 32.1. The topological polar surface area (TPSA) is 75.4 Å². The van der Waals surface area contributed by atoms with Gasteiger partial charge in [-0.05, 0) is 68.2 Å². The molecule has 0 aromatic carbocycles. The first kappa shape index (κ1) is 16.1. The zero-order chi connectivity index (χ0) is 16.8. The molecule has 5 nitrogen and oxygen atoms in total. The molecule has 0 spiro atoms.